The second-order valence-electron chi connectivity index (χ2n) is 21.6. The van der Waals surface area contributed by atoms with Crippen molar-refractivity contribution in [2.45, 2.75) is 151 Å². The van der Waals surface area contributed by atoms with Crippen LogP contribution in [0.1, 0.15) is 122 Å². The van der Waals surface area contributed by atoms with E-state index < -0.39 is 23.9 Å². The number of hydrogen-bond acceptors (Lipinski definition) is 20. The average molecular weight is 1170 g/mol. The van der Waals surface area contributed by atoms with Crippen molar-refractivity contribution < 1.29 is 81.0 Å². The number of thioether (sulfide) groups is 2. The fourth-order valence-corrected chi connectivity index (χ4v) is 14.0. The van der Waals surface area contributed by atoms with Crippen LogP contribution in [-0.4, -0.2) is 112 Å². The molecule has 0 radical (unpaired) electrons. The molecule has 1 unspecified atom stereocenters. The maximum Gasteiger partial charge on any atom is 0.330 e. The molecule has 2 aromatic carbocycles. The van der Waals surface area contributed by atoms with Crippen LogP contribution < -0.4 is 19.9 Å². The first-order valence-electron chi connectivity index (χ1n) is 29.0. The SMILES string of the molecule is C=CC(=O)OCCCOC(=O)C1CCC(C(=O)OC2CCC(COc3ccc(OCC4CCC(OC(=O)C5CCC(C(=O)OCCCOC(=O)C=C)CC5)CC4)c4c3SC(=C3C(=O)N(c5ccccc5)NC3C(=O)OCC)S4)CC2)CC1. The molecular weight excluding hydrogens is 1100 g/mol. The number of benzene rings is 2. The molecule has 4 aliphatic carbocycles. The summed E-state index contributed by atoms with van der Waals surface area (Å²) < 4.78 is 52.1. The summed E-state index contributed by atoms with van der Waals surface area (Å²) in [6.45, 7) is 9.98. The van der Waals surface area contributed by atoms with Crippen molar-refractivity contribution in [1.82, 2.24) is 5.43 Å². The third-order valence-corrected chi connectivity index (χ3v) is 18.6. The highest BCUT2D eigenvalue weighted by Crippen LogP contribution is 2.60. The van der Waals surface area contributed by atoms with Gasteiger partial charge in [-0.1, -0.05) is 54.9 Å². The number of ether oxygens (including phenoxy) is 9. The number of carbonyl (C=O) groups is 8. The second-order valence-corrected chi connectivity index (χ2v) is 23.9. The Bertz CT molecular complexity index is 2500. The van der Waals surface area contributed by atoms with E-state index in [0.29, 0.717) is 125 Å². The molecule has 82 heavy (non-hydrogen) atoms. The highest BCUT2D eigenvalue weighted by molar-refractivity contribution is 8.24. The van der Waals surface area contributed by atoms with E-state index >= 15 is 0 Å². The van der Waals surface area contributed by atoms with Gasteiger partial charge >= 0.3 is 41.8 Å². The Kier molecular flexibility index (Phi) is 23.2. The molecule has 444 valence electrons. The summed E-state index contributed by atoms with van der Waals surface area (Å²) in [4.78, 5) is 104. The Morgan fingerprint density at radius 3 is 1.37 bits per heavy atom. The van der Waals surface area contributed by atoms with Crippen molar-refractivity contribution in [3.63, 3.8) is 0 Å². The predicted octanol–water partition coefficient (Wildman–Crippen LogP) is 9.48. The van der Waals surface area contributed by atoms with Gasteiger partial charge < -0.3 is 42.6 Å². The molecule has 1 saturated heterocycles. The maximum atomic E-state index is 14.4. The molecule has 5 fully saturated rings. The van der Waals surface area contributed by atoms with E-state index in [0.717, 1.165) is 47.6 Å². The molecule has 2 aromatic rings. The van der Waals surface area contributed by atoms with Gasteiger partial charge in [-0.3, -0.25) is 24.0 Å². The largest absolute Gasteiger partial charge is 0.492 e. The zero-order chi connectivity index (χ0) is 58.0. The predicted molar refractivity (Wildman–Crippen MR) is 302 cm³/mol. The molecule has 2 aliphatic heterocycles. The zero-order valence-corrected chi connectivity index (χ0v) is 48.3. The van der Waals surface area contributed by atoms with Crippen molar-refractivity contribution in [1.29, 1.82) is 0 Å². The van der Waals surface area contributed by atoms with Gasteiger partial charge in [-0.2, -0.15) is 0 Å². The van der Waals surface area contributed by atoms with Gasteiger partial charge in [0.05, 0.1) is 95.2 Å². The van der Waals surface area contributed by atoms with E-state index in [9.17, 15) is 38.4 Å². The van der Waals surface area contributed by atoms with Crippen molar-refractivity contribution in [3.8, 4) is 11.5 Å². The molecule has 19 nitrogen and oxygen atoms in total. The van der Waals surface area contributed by atoms with Gasteiger partial charge in [-0.05, 0) is 146 Å². The normalized spacial score (nSPS) is 25.2. The average Bonchev–Trinajstić information content (AvgIpc) is 4.21. The van der Waals surface area contributed by atoms with E-state index in [-0.39, 0.29) is 116 Å². The Morgan fingerprint density at radius 1 is 0.537 bits per heavy atom. The van der Waals surface area contributed by atoms with Crippen LogP contribution in [-0.2, 0) is 71.5 Å². The van der Waals surface area contributed by atoms with Crippen LogP contribution in [0.2, 0.25) is 0 Å². The quantitative estimate of drug-likeness (QED) is 0.0422. The number of hydrogen-bond donors (Lipinski definition) is 1. The van der Waals surface area contributed by atoms with Gasteiger partial charge in [0.1, 0.15) is 23.7 Å². The fourth-order valence-electron chi connectivity index (χ4n) is 11.2. The van der Waals surface area contributed by atoms with Crippen LogP contribution in [0.5, 0.6) is 11.5 Å². The van der Waals surface area contributed by atoms with Gasteiger partial charge in [0.2, 0.25) is 0 Å². The van der Waals surface area contributed by atoms with E-state index in [4.69, 9.17) is 42.6 Å². The van der Waals surface area contributed by atoms with E-state index in [1.165, 1.54) is 28.5 Å². The number of esters is 7. The first kappa shape index (κ1) is 61.7. The number of anilines is 1. The Labute approximate surface area is 487 Å². The molecule has 8 rings (SSSR count). The minimum absolute atomic E-state index is 0.134. The second kappa shape index (κ2) is 30.8. The lowest BCUT2D eigenvalue weighted by Crippen LogP contribution is -2.41. The number of rotatable bonds is 25. The summed E-state index contributed by atoms with van der Waals surface area (Å²) in [7, 11) is 0. The van der Waals surface area contributed by atoms with Crippen molar-refractivity contribution >= 4 is 76.9 Å². The van der Waals surface area contributed by atoms with Crippen LogP contribution in [0.4, 0.5) is 5.69 Å². The third-order valence-electron chi connectivity index (χ3n) is 15.9. The highest BCUT2D eigenvalue weighted by atomic mass is 32.2. The van der Waals surface area contributed by atoms with Gasteiger partial charge in [0.15, 0.2) is 6.04 Å². The Morgan fingerprint density at radius 2 is 0.951 bits per heavy atom. The molecule has 4 saturated carbocycles. The summed E-state index contributed by atoms with van der Waals surface area (Å²) in [5, 5.41) is 1.38. The number of nitrogens with one attached hydrogen (secondary N) is 1. The number of para-hydroxylation sites is 1. The molecule has 6 aliphatic rings. The summed E-state index contributed by atoms with van der Waals surface area (Å²) >= 11 is 2.74. The lowest BCUT2D eigenvalue weighted by atomic mass is 9.82. The minimum atomic E-state index is -1.06. The summed E-state index contributed by atoms with van der Waals surface area (Å²) in [6, 6.07) is 11.8. The molecule has 0 aromatic heterocycles. The minimum Gasteiger partial charge on any atom is -0.492 e. The van der Waals surface area contributed by atoms with Crippen LogP contribution in [0.25, 0.3) is 0 Å². The topological polar surface area (TPSA) is 235 Å². The van der Waals surface area contributed by atoms with Crippen LogP contribution in [0, 0.1) is 35.5 Å². The van der Waals surface area contributed by atoms with Crippen LogP contribution >= 0.6 is 23.5 Å². The van der Waals surface area contributed by atoms with Gasteiger partial charge in [0.25, 0.3) is 5.91 Å². The zero-order valence-electron chi connectivity index (χ0n) is 46.7. The summed E-state index contributed by atoms with van der Waals surface area (Å²) in [6.07, 6.45) is 12.9. The fraction of sp³-hybridized carbons (Fsp3) is 0.574. The number of carbonyl (C=O) groups excluding carboxylic acids is 8. The van der Waals surface area contributed by atoms with Crippen LogP contribution in [0.15, 0.2) is 87.4 Å². The van der Waals surface area contributed by atoms with Crippen LogP contribution in [0.3, 0.4) is 0 Å². The van der Waals surface area contributed by atoms with Crippen molar-refractivity contribution in [2.75, 3.05) is 51.3 Å². The molecule has 0 bridgehead atoms. The van der Waals surface area contributed by atoms with Gasteiger partial charge in [0, 0.05) is 25.0 Å². The number of amides is 1. The molecule has 21 heteroatoms. The number of nitrogens with zero attached hydrogens (tertiary/aromatic N) is 1. The summed E-state index contributed by atoms with van der Waals surface area (Å²) in [5.74, 6) is -2.46. The Hall–Kier alpha value is -6.32. The monoisotopic (exact) mass is 1170 g/mol. The Balaban J connectivity index is 0.833. The summed E-state index contributed by atoms with van der Waals surface area (Å²) in [5.41, 5.74) is 3.95. The van der Waals surface area contributed by atoms with Crippen molar-refractivity contribution in [2.24, 2.45) is 35.5 Å². The van der Waals surface area contributed by atoms with E-state index in [2.05, 4.69) is 18.6 Å². The highest BCUT2D eigenvalue weighted by Gasteiger charge is 2.46. The third kappa shape index (κ3) is 16.9. The van der Waals surface area contributed by atoms with Gasteiger partial charge in [-0.15, -0.1) is 0 Å². The standard InChI is InChI=1S/C61H76N2O17S2/c1-4-49(64)73-32-10-34-75-56(67)40-18-22-42(23-19-40)58(69)79-45-26-14-38(15-27-45)36-77-47-30-31-48(54-53(47)81-61(82-54)51-52(60(71)72-6-3)62-63(55(51)66)44-12-8-7-9-13-44)78-37-39-16-28-46(29-17-39)80-59(70)43-24-20-41(21-25-43)57(68)76-35-11-33-74-50(65)5-2/h4-5,7-9,12-13,30-31,38-43,45-46,52,62H,1-2,6,10-11,14-29,32-37H2,3H3. The lowest BCUT2D eigenvalue weighted by Gasteiger charge is -2.31. The molecule has 1 N–H and O–H groups in total. The first-order chi connectivity index (χ1) is 39.8. The van der Waals surface area contributed by atoms with Crippen molar-refractivity contribution in [3.05, 3.63) is 77.6 Å². The lowest BCUT2D eigenvalue weighted by molar-refractivity contribution is -0.160. The first-order valence-corrected chi connectivity index (χ1v) is 30.6. The number of hydrazine groups is 1. The molecular formula is C61H76N2O17S2. The molecule has 1 atom stereocenters. The van der Waals surface area contributed by atoms with E-state index in [1.54, 1.807) is 19.1 Å². The molecule has 0 spiro atoms. The molecule has 1 amide bonds. The maximum absolute atomic E-state index is 14.4. The molecule has 2 heterocycles. The number of fused-ring (bicyclic) bond motifs is 1. The van der Waals surface area contributed by atoms with Gasteiger partial charge in [-0.25, -0.2) is 24.8 Å². The smallest absolute Gasteiger partial charge is 0.330 e. The van der Waals surface area contributed by atoms with E-state index in [1.807, 2.05) is 30.3 Å².